The highest BCUT2D eigenvalue weighted by Gasteiger charge is 2.27. The molecule has 1 aliphatic carbocycles. The van der Waals surface area contributed by atoms with Gasteiger partial charge in [0.1, 0.15) is 0 Å². The number of nitrogens with one attached hydrogen (secondary N) is 2. The summed E-state index contributed by atoms with van der Waals surface area (Å²) in [5, 5.41) is 3.54. The Morgan fingerprint density at radius 1 is 1.69 bits per heavy atom. The molecular weight excluding hydrogens is 162 g/mol. The molecular formula is C10H17N3. The Balaban J connectivity index is 1.63. The molecule has 1 aromatic heterocycles. The summed E-state index contributed by atoms with van der Waals surface area (Å²) in [6, 6.07) is 0.697. The van der Waals surface area contributed by atoms with Crippen molar-refractivity contribution in [2.75, 3.05) is 6.54 Å². The van der Waals surface area contributed by atoms with Crippen LogP contribution in [-0.2, 0) is 6.42 Å². The van der Waals surface area contributed by atoms with Gasteiger partial charge in [0.15, 0.2) is 0 Å². The van der Waals surface area contributed by atoms with Crippen LogP contribution in [0.1, 0.15) is 25.5 Å². The van der Waals surface area contributed by atoms with Crippen LogP contribution in [0, 0.1) is 5.92 Å². The minimum absolute atomic E-state index is 0.697. The second kappa shape index (κ2) is 3.92. The van der Waals surface area contributed by atoms with Gasteiger partial charge in [-0.15, -0.1) is 0 Å². The summed E-state index contributed by atoms with van der Waals surface area (Å²) < 4.78 is 0. The van der Waals surface area contributed by atoms with Crippen molar-refractivity contribution in [1.82, 2.24) is 15.3 Å². The van der Waals surface area contributed by atoms with E-state index in [0.717, 1.165) is 18.9 Å². The maximum Gasteiger partial charge on any atom is 0.0921 e. The summed E-state index contributed by atoms with van der Waals surface area (Å²) in [7, 11) is 0. The summed E-state index contributed by atoms with van der Waals surface area (Å²) in [5.74, 6) is 0.946. The molecule has 0 spiro atoms. The molecule has 0 saturated heterocycles. The standard InChI is InChI=1S/C10H17N3/c1-8(9-2-3-9)12-5-4-10-6-11-7-13-10/h6-9,12H,2-5H2,1H3,(H,11,13). The molecule has 0 amide bonds. The van der Waals surface area contributed by atoms with E-state index in [1.807, 2.05) is 6.20 Å². The van der Waals surface area contributed by atoms with Crippen LogP contribution < -0.4 is 5.32 Å². The molecule has 72 valence electrons. The van der Waals surface area contributed by atoms with Crippen molar-refractivity contribution in [3.8, 4) is 0 Å². The number of nitrogens with zero attached hydrogens (tertiary/aromatic N) is 1. The van der Waals surface area contributed by atoms with Crippen molar-refractivity contribution < 1.29 is 0 Å². The van der Waals surface area contributed by atoms with Gasteiger partial charge in [-0.05, 0) is 25.7 Å². The predicted molar refractivity (Wildman–Crippen MR) is 52.5 cm³/mol. The van der Waals surface area contributed by atoms with E-state index in [9.17, 15) is 0 Å². The second-order valence-corrected chi connectivity index (χ2v) is 3.91. The fraction of sp³-hybridized carbons (Fsp3) is 0.700. The summed E-state index contributed by atoms with van der Waals surface area (Å²) in [4.78, 5) is 7.09. The molecule has 1 saturated carbocycles. The van der Waals surface area contributed by atoms with Gasteiger partial charge in [0.25, 0.3) is 0 Å². The molecule has 0 aliphatic heterocycles. The van der Waals surface area contributed by atoms with E-state index in [1.165, 1.54) is 18.5 Å². The van der Waals surface area contributed by atoms with E-state index in [0.29, 0.717) is 6.04 Å². The molecule has 1 unspecified atom stereocenters. The van der Waals surface area contributed by atoms with Gasteiger partial charge in [-0.3, -0.25) is 0 Å². The molecule has 1 fully saturated rings. The third kappa shape index (κ3) is 2.56. The monoisotopic (exact) mass is 179 g/mol. The normalized spacial score (nSPS) is 18.8. The fourth-order valence-corrected chi connectivity index (χ4v) is 1.62. The van der Waals surface area contributed by atoms with Crippen LogP contribution in [0.2, 0.25) is 0 Å². The first kappa shape index (κ1) is 8.75. The SMILES string of the molecule is CC(NCCc1cnc[nH]1)C1CC1. The van der Waals surface area contributed by atoms with Crippen LogP contribution in [0.15, 0.2) is 12.5 Å². The van der Waals surface area contributed by atoms with Gasteiger partial charge in [-0.25, -0.2) is 4.98 Å². The minimum atomic E-state index is 0.697. The van der Waals surface area contributed by atoms with Crippen molar-refractivity contribution in [2.24, 2.45) is 5.92 Å². The maximum absolute atomic E-state index is 3.98. The lowest BCUT2D eigenvalue weighted by atomic mass is 10.2. The summed E-state index contributed by atoms with van der Waals surface area (Å²) >= 11 is 0. The van der Waals surface area contributed by atoms with Crippen LogP contribution in [-0.4, -0.2) is 22.6 Å². The van der Waals surface area contributed by atoms with Crippen molar-refractivity contribution in [3.05, 3.63) is 18.2 Å². The second-order valence-electron chi connectivity index (χ2n) is 3.91. The number of H-pyrrole nitrogens is 1. The molecule has 1 heterocycles. The van der Waals surface area contributed by atoms with Gasteiger partial charge in [0, 0.05) is 30.9 Å². The molecule has 0 bridgehead atoms. The van der Waals surface area contributed by atoms with Crippen molar-refractivity contribution in [2.45, 2.75) is 32.2 Å². The first-order valence-electron chi connectivity index (χ1n) is 5.07. The lowest BCUT2D eigenvalue weighted by Gasteiger charge is -2.11. The smallest absolute Gasteiger partial charge is 0.0921 e. The highest BCUT2D eigenvalue weighted by molar-refractivity contribution is 4.95. The molecule has 13 heavy (non-hydrogen) atoms. The van der Waals surface area contributed by atoms with E-state index in [1.54, 1.807) is 6.33 Å². The van der Waals surface area contributed by atoms with Crippen LogP contribution >= 0.6 is 0 Å². The van der Waals surface area contributed by atoms with Gasteiger partial charge in [0.05, 0.1) is 6.33 Å². The number of hydrogen-bond donors (Lipinski definition) is 2. The van der Waals surface area contributed by atoms with Crippen molar-refractivity contribution in [1.29, 1.82) is 0 Å². The van der Waals surface area contributed by atoms with Gasteiger partial charge in [-0.2, -0.15) is 0 Å². The van der Waals surface area contributed by atoms with Crippen molar-refractivity contribution in [3.63, 3.8) is 0 Å². The Labute approximate surface area is 79.0 Å². The summed E-state index contributed by atoms with van der Waals surface area (Å²) in [5.41, 5.74) is 1.22. The van der Waals surface area contributed by atoms with Crippen molar-refractivity contribution >= 4 is 0 Å². The van der Waals surface area contributed by atoms with E-state index in [4.69, 9.17) is 0 Å². The van der Waals surface area contributed by atoms with Gasteiger partial charge >= 0.3 is 0 Å². The predicted octanol–water partition coefficient (Wildman–Crippen LogP) is 1.34. The van der Waals surface area contributed by atoms with Gasteiger partial charge in [0.2, 0.25) is 0 Å². The minimum Gasteiger partial charge on any atom is -0.348 e. The lowest BCUT2D eigenvalue weighted by Crippen LogP contribution is -2.29. The molecule has 2 N–H and O–H groups in total. The largest absolute Gasteiger partial charge is 0.348 e. The topological polar surface area (TPSA) is 40.7 Å². The molecule has 1 atom stereocenters. The highest BCUT2D eigenvalue weighted by atomic mass is 14.9. The number of aromatic amines is 1. The highest BCUT2D eigenvalue weighted by Crippen LogP contribution is 2.32. The van der Waals surface area contributed by atoms with Gasteiger partial charge in [-0.1, -0.05) is 0 Å². The Morgan fingerprint density at radius 3 is 3.15 bits per heavy atom. The molecule has 3 nitrogen and oxygen atoms in total. The molecule has 1 aliphatic rings. The first-order chi connectivity index (χ1) is 6.36. The average molecular weight is 179 g/mol. The van der Waals surface area contributed by atoms with Crippen LogP contribution in [0.4, 0.5) is 0 Å². The Morgan fingerprint density at radius 2 is 2.54 bits per heavy atom. The lowest BCUT2D eigenvalue weighted by molar-refractivity contribution is 0.499. The molecule has 1 aromatic rings. The van der Waals surface area contributed by atoms with Crippen LogP contribution in [0.3, 0.4) is 0 Å². The van der Waals surface area contributed by atoms with Crippen LogP contribution in [0.25, 0.3) is 0 Å². The molecule has 0 aromatic carbocycles. The maximum atomic E-state index is 3.98. The first-order valence-corrected chi connectivity index (χ1v) is 5.07. The van der Waals surface area contributed by atoms with Crippen LogP contribution in [0.5, 0.6) is 0 Å². The number of rotatable bonds is 5. The molecule has 3 heteroatoms. The number of hydrogen-bond acceptors (Lipinski definition) is 2. The summed E-state index contributed by atoms with van der Waals surface area (Å²) in [6.45, 7) is 3.34. The summed E-state index contributed by atoms with van der Waals surface area (Å²) in [6.07, 6.45) is 7.51. The molecule has 0 radical (unpaired) electrons. The van der Waals surface area contributed by atoms with E-state index < -0.39 is 0 Å². The van der Waals surface area contributed by atoms with Gasteiger partial charge < -0.3 is 10.3 Å². The average Bonchev–Trinajstić information content (AvgIpc) is 2.86. The van der Waals surface area contributed by atoms with E-state index in [2.05, 4.69) is 22.2 Å². The van der Waals surface area contributed by atoms with E-state index >= 15 is 0 Å². The zero-order chi connectivity index (χ0) is 9.10. The number of aromatic nitrogens is 2. The Kier molecular flexibility index (Phi) is 2.64. The van der Waals surface area contributed by atoms with E-state index in [-0.39, 0.29) is 0 Å². The Hall–Kier alpha value is -0.830. The zero-order valence-corrected chi connectivity index (χ0v) is 8.09. The quantitative estimate of drug-likeness (QED) is 0.716. The number of imidazole rings is 1. The third-order valence-electron chi connectivity index (χ3n) is 2.74. The fourth-order valence-electron chi connectivity index (χ4n) is 1.62. The third-order valence-corrected chi connectivity index (χ3v) is 2.74. The zero-order valence-electron chi connectivity index (χ0n) is 8.09. The molecule has 2 rings (SSSR count). The Bertz CT molecular complexity index is 239.